The van der Waals surface area contributed by atoms with Gasteiger partial charge in [-0.25, -0.2) is 0 Å². The summed E-state index contributed by atoms with van der Waals surface area (Å²) in [4.78, 5) is 0. The molecule has 1 aromatic carbocycles. The molecule has 1 nitrogen and oxygen atoms in total. The molecular formula is C18H26NP. The van der Waals surface area contributed by atoms with E-state index in [1.807, 2.05) is 18.2 Å². The second kappa shape index (κ2) is 6.90. The first-order chi connectivity index (χ1) is 9.30. The summed E-state index contributed by atoms with van der Waals surface area (Å²) in [5.41, 5.74) is 8.72. The Morgan fingerprint density at radius 3 is 2.25 bits per heavy atom. The van der Waals surface area contributed by atoms with Crippen LogP contribution in [0.1, 0.15) is 34.1 Å². The zero-order valence-corrected chi connectivity index (χ0v) is 14.2. The Balaban J connectivity index is 3.59. The van der Waals surface area contributed by atoms with Crippen molar-refractivity contribution in [1.82, 2.24) is 0 Å². The van der Waals surface area contributed by atoms with Gasteiger partial charge in [0, 0.05) is 10.9 Å². The molecule has 0 aliphatic rings. The Morgan fingerprint density at radius 2 is 1.80 bits per heavy atom. The van der Waals surface area contributed by atoms with Crippen molar-refractivity contribution in [1.29, 1.82) is 0 Å². The Kier molecular flexibility index (Phi) is 5.77. The van der Waals surface area contributed by atoms with Crippen LogP contribution < -0.4 is 16.2 Å². The van der Waals surface area contributed by atoms with Crippen molar-refractivity contribution >= 4 is 20.3 Å². The van der Waals surface area contributed by atoms with E-state index in [-0.39, 0.29) is 5.41 Å². The van der Waals surface area contributed by atoms with Crippen LogP contribution in [0.25, 0.3) is 11.0 Å². The molecule has 2 N–H and O–H groups in total. The van der Waals surface area contributed by atoms with Crippen LogP contribution in [0.15, 0.2) is 48.6 Å². The van der Waals surface area contributed by atoms with E-state index in [9.17, 15) is 0 Å². The van der Waals surface area contributed by atoms with Gasteiger partial charge in [-0.3, -0.25) is 0 Å². The van der Waals surface area contributed by atoms with E-state index in [2.05, 4.69) is 61.7 Å². The molecule has 1 aromatic rings. The van der Waals surface area contributed by atoms with E-state index in [0.29, 0.717) is 0 Å². The Labute approximate surface area is 125 Å². The highest BCUT2D eigenvalue weighted by molar-refractivity contribution is 7.31. The quantitative estimate of drug-likeness (QED) is 0.848. The molecule has 2 heteroatoms. The maximum atomic E-state index is 6.44. The lowest BCUT2D eigenvalue weighted by molar-refractivity contribution is 0.413. The monoisotopic (exact) mass is 287 g/mol. The van der Waals surface area contributed by atoms with Crippen molar-refractivity contribution in [3.8, 4) is 0 Å². The average Bonchev–Trinajstić information content (AvgIpc) is 2.42. The fraction of sp³-hybridized carbons (Fsp3) is 0.333. The lowest BCUT2D eigenvalue weighted by Crippen LogP contribution is -2.31. The molecule has 1 atom stereocenters. The zero-order valence-electron chi connectivity index (χ0n) is 13.0. The van der Waals surface area contributed by atoms with E-state index in [1.54, 1.807) is 0 Å². The van der Waals surface area contributed by atoms with Crippen molar-refractivity contribution in [2.24, 2.45) is 11.1 Å². The summed E-state index contributed by atoms with van der Waals surface area (Å²) in [5, 5.41) is 3.27. The molecular weight excluding hydrogens is 261 g/mol. The minimum Gasteiger partial charge on any atom is -0.398 e. The summed E-state index contributed by atoms with van der Waals surface area (Å²) < 4.78 is 0. The first kappa shape index (κ1) is 16.7. The van der Waals surface area contributed by atoms with Gasteiger partial charge >= 0.3 is 0 Å². The molecule has 0 saturated carbocycles. The number of nitrogens with two attached hydrogens (primary N) is 1. The third kappa shape index (κ3) is 4.35. The number of benzene rings is 1. The fourth-order valence-electron chi connectivity index (χ4n) is 2.18. The number of allylic oxidation sites excluding steroid dienone is 2. The van der Waals surface area contributed by atoms with Gasteiger partial charge < -0.3 is 5.73 Å². The SMILES string of the molecule is C=C/C(P)=c1/cccc/c1=C(N)\C(=C\C)CC(C)(C)C. The van der Waals surface area contributed by atoms with Gasteiger partial charge in [-0.2, -0.15) is 0 Å². The topological polar surface area (TPSA) is 26.0 Å². The molecule has 0 radical (unpaired) electrons. The Hall–Kier alpha value is -1.33. The third-order valence-corrected chi connectivity index (χ3v) is 3.71. The Morgan fingerprint density at radius 1 is 1.25 bits per heavy atom. The zero-order chi connectivity index (χ0) is 15.3. The maximum absolute atomic E-state index is 6.44. The largest absolute Gasteiger partial charge is 0.398 e. The summed E-state index contributed by atoms with van der Waals surface area (Å²) in [6.07, 6.45) is 4.92. The lowest BCUT2D eigenvalue weighted by atomic mass is 9.86. The molecule has 0 aliphatic carbocycles. The van der Waals surface area contributed by atoms with Crippen LogP contribution in [0.2, 0.25) is 0 Å². The van der Waals surface area contributed by atoms with Gasteiger partial charge in [-0.1, -0.05) is 63.8 Å². The summed E-state index contributed by atoms with van der Waals surface area (Å²) in [5.74, 6) is 0. The van der Waals surface area contributed by atoms with E-state index in [0.717, 1.165) is 27.9 Å². The van der Waals surface area contributed by atoms with Crippen LogP contribution in [0.5, 0.6) is 0 Å². The van der Waals surface area contributed by atoms with Crippen LogP contribution in [-0.4, -0.2) is 0 Å². The highest BCUT2D eigenvalue weighted by atomic mass is 31.0. The van der Waals surface area contributed by atoms with Crippen LogP contribution >= 0.6 is 9.24 Å². The average molecular weight is 287 g/mol. The van der Waals surface area contributed by atoms with Gasteiger partial charge in [0.15, 0.2) is 0 Å². The minimum atomic E-state index is 0.216. The normalized spacial score (nSPS) is 15.8. The second-order valence-corrected chi connectivity index (χ2v) is 6.79. The molecule has 1 unspecified atom stereocenters. The minimum absolute atomic E-state index is 0.216. The van der Waals surface area contributed by atoms with Gasteiger partial charge in [0.1, 0.15) is 0 Å². The van der Waals surface area contributed by atoms with Crippen LogP contribution in [0, 0.1) is 5.41 Å². The van der Waals surface area contributed by atoms with Gasteiger partial charge in [0.05, 0.1) is 0 Å². The van der Waals surface area contributed by atoms with E-state index in [1.165, 1.54) is 5.57 Å². The maximum Gasteiger partial charge on any atom is 0.0423 e. The lowest BCUT2D eigenvalue weighted by Gasteiger charge is -2.20. The van der Waals surface area contributed by atoms with Crippen molar-refractivity contribution in [3.63, 3.8) is 0 Å². The molecule has 0 saturated heterocycles. The third-order valence-electron chi connectivity index (χ3n) is 3.16. The van der Waals surface area contributed by atoms with Crippen LogP contribution in [0.3, 0.4) is 0 Å². The van der Waals surface area contributed by atoms with Gasteiger partial charge in [0.25, 0.3) is 0 Å². The highest BCUT2D eigenvalue weighted by Crippen LogP contribution is 2.26. The number of rotatable bonds is 3. The summed E-state index contributed by atoms with van der Waals surface area (Å²) in [6.45, 7) is 12.6. The van der Waals surface area contributed by atoms with Crippen LogP contribution in [0.4, 0.5) is 0 Å². The fourth-order valence-corrected chi connectivity index (χ4v) is 2.43. The molecule has 108 valence electrons. The second-order valence-electron chi connectivity index (χ2n) is 6.17. The summed E-state index contributed by atoms with van der Waals surface area (Å²) in [7, 11) is 2.73. The van der Waals surface area contributed by atoms with Crippen molar-refractivity contribution < 1.29 is 0 Å². The molecule has 0 fully saturated rings. The predicted molar refractivity (Wildman–Crippen MR) is 94.4 cm³/mol. The van der Waals surface area contributed by atoms with Crippen molar-refractivity contribution in [2.45, 2.75) is 34.1 Å². The summed E-state index contributed by atoms with van der Waals surface area (Å²) >= 11 is 0. The molecule has 0 spiro atoms. The highest BCUT2D eigenvalue weighted by Gasteiger charge is 2.14. The smallest absolute Gasteiger partial charge is 0.0423 e. The van der Waals surface area contributed by atoms with Crippen molar-refractivity contribution in [2.75, 3.05) is 0 Å². The van der Waals surface area contributed by atoms with Gasteiger partial charge in [0.2, 0.25) is 0 Å². The van der Waals surface area contributed by atoms with E-state index < -0.39 is 0 Å². The van der Waals surface area contributed by atoms with Gasteiger partial charge in [-0.15, -0.1) is 9.24 Å². The van der Waals surface area contributed by atoms with Gasteiger partial charge in [-0.05, 0) is 34.9 Å². The molecule has 0 bridgehead atoms. The van der Waals surface area contributed by atoms with E-state index >= 15 is 0 Å². The first-order valence-electron chi connectivity index (χ1n) is 6.92. The predicted octanol–water partition coefficient (Wildman–Crippen LogP) is 3.31. The Bertz CT molecular complexity index is 630. The van der Waals surface area contributed by atoms with Crippen molar-refractivity contribution in [3.05, 3.63) is 59.0 Å². The number of hydrogen-bond acceptors (Lipinski definition) is 1. The molecule has 0 amide bonds. The molecule has 0 aromatic heterocycles. The summed E-state index contributed by atoms with van der Waals surface area (Å²) in [6, 6.07) is 8.21. The molecule has 1 rings (SSSR count). The van der Waals surface area contributed by atoms with Crippen LogP contribution in [-0.2, 0) is 0 Å². The van der Waals surface area contributed by atoms with E-state index in [4.69, 9.17) is 5.73 Å². The molecule has 0 aliphatic heterocycles. The first-order valence-corrected chi connectivity index (χ1v) is 7.50. The molecule has 20 heavy (non-hydrogen) atoms. The number of hydrogen-bond donors (Lipinski definition) is 1. The standard InChI is InChI=1S/C18H26NP/c1-6-13(12-18(3,4)5)17(19)15-11-9-8-10-14(15)16(20)7-2/h6-11H,2,12,19-20H2,1,3-5H3/b13-6+,16-14+,17-15-. The molecule has 0 heterocycles.